The van der Waals surface area contributed by atoms with E-state index in [1.165, 1.54) is 0 Å². The maximum atomic E-state index is 12.4. The van der Waals surface area contributed by atoms with Crippen molar-refractivity contribution < 1.29 is 9.53 Å². The van der Waals surface area contributed by atoms with Gasteiger partial charge in [-0.25, -0.2) is 0 Å². The zero-order valence-corrected chi connectivity index (χ0v) is 10.6. The topological polar surface area (TPSA) is 79.4 Å². The van der Waals surface area contributed by atoms with Gasteiger partial charge in [-0.2, -0.15) is 5.26 Å². The van der Waals surface area contributed by atoms with Crippen molar-refractivity contribution in [2.45, 2.75) is 19.8 Å². The maximum Gasteiger partial charge on any atom is 0.230 e. The quantitative estimate of drug-likeness (QED) is 0.768. The van der Waals surface area contributed by atoms with Gasteiger partial charge in [0, 0.05) is 33.4 Å². The lowest BCUT2D eigenvalue weighted by atomic mass is 9.79. The second-order valence-corrected chi connectivity index (χ2v) is 4.81. The minimum absolute atomic E-state index is 0.0467. The molecule has 0 radical (unpaired) electrons. The van der Waals surface area contributed by atoms with Crippen LogP contribution in [0.3, 0.4) is 0 Å². The van der Waals surface area contributed by atoms with Gasteiger partial charge >= 0.3 is 0 Å². The van der Waals surface area contributed by atoms with Crippen molar-refractivity contribution in [3.63, 3.8) is 0 Å². The number of amides is 1. The van der Waals surface area contributed by atoms with Crippen molar-refractivity contribution in [3.8, 4) is 6.07 Å². The largest absolute Gasteiger partial charge is 0.381 e. The summed E-state index contributed by atoms with van der Waals surface area (Å²) in [5.41, 5.74) is 5.29. The van der Waals surface area contributed by atoms with Gasteiger partial charge in [0.15, 0.2) is 0 Å². The van der Waals surface area contributed by atoms with E-state index in [4.69, 9.17) is 15.7 Å². The van der Waals surface area contributed by atoms with Gasteiger partial charge in [-0.15, -0.1) is 0 Å². The molecule has 1 rings (SSSR count). The van der Waals surface area contributed by atoms with Gasteiger partial charge in [0.05, 0.1) is 17.4 Å². The predicted octanol–water partition coefficient (Wildman–Crippen LogP) is 0.360. The molecule has 1 saturated heterocycles. The fourth-order valence-electron chi connectivity index (χ4n) is 2.21. The van der Waals surface area contributed by atoms with Crippen molar-refractivity contribution in [2.24, 2.45) is 17.1 Å². The molecule has 96 valence electrons. The van der Waals surface area contributed by atoms with E-state index < -0.39 is 5.41 Å². The highest BCUT2D eigenvalue weighted by atomic mass is 16.5. The fraction of sp³-hybridized carbons (Fsp3) is 0.833. The molecule has 1 fully saturated rings. The Bertz CT molecular complexity index is 305. The van der Waals surface area contributed by atoms with E-state index in [9.17, 15) is 4.79 Å². The second-order valence-electron chi connectivity index (χ2n) is 4.81. The van der Waals surface area contributed by atoms with Gasteiger partial charge in [0.1, 0.15) is 0 Å². The van der Waals surface area contributed by atoms with Crippen molar-refractivity contribution >= 4 is 5.91 Å². The standard InChI is InChI=1S/C12H21N3O2/c1-10(7-13)8-15(2)11(16)12(9-14)3-5-17-6-4-12/h10H,3-6,8-9,14H2,1-2H3. The van der Waals surface area contributed by atoms with E-state index in [0.717, 1.165) is 0 Å². The predicted molar refractivity (Wildman–Crippen MR) is 64.0 cm³/mol. The molecule has 1 aliphatic rings. The van der Waals surface area contributed by atoms with Gasteiger partial charge in [-0.05, 0) is 19.8 Å². The summed E-state index contributed by atoms with van der Waals surface area (Å²) >= 11 is 0. The Morgan fingerprint density at radius 2 is 2.18 bits per heavy atom. The highest BCUT2D eigenvalue weighted by Crippen LogP contribution is 2.31. The summed E-state index contributed by atoms with van der Waals surface area (Å²) in [5.74, 6) is -0.107. The zero-order valence-electron chi connectivity index (χ0n) is 10.6. The van der Waals surface area contributed by atoms with Crippen LogP contribution in [0, 0.1) is 22.7 Å². The molecule has 17 heavy (non-hydrogen) atoms. The first-order valence-electron chi connectivity index (χ1n) is 5.99. The molecule has 5 nitrogen and oxygen atoms in total. The van der Waals surface area contributed by atoms with Crippen LogP contribution >= 0.6 is 0 Å². The molecule has 1 amide bonds. The molecule has 0 spiro atoms. The molecule has 1 unspecified atom stereocenters. The number of nitrogens with zero attached hydrogens (tertiary/aromatic N) is 2. The Hall–Kier alpha value is -1.12. The van der Waals surface area contributed by atoms with Crippen LogP contribution in [0.1, 0.15) is 19.8 Å². The Labute approximate surface area is 103 Å². The van der Waals surface area contributed by atoms with Crippen molar-refractivity contribution in [1.29, 1.82) is 5.26 Å². The normalized spacial score (nSPS) is 20.4. The third-order valence-corrected chi connectivity index (χ3v) is 3.41. The molecular weight excluding hydrogens is 218 g/mol. The van der Waals surface area contributed by atoms with E-state index in [1.54, 1.807) is 11.9 Å². The number of rotatable bonds is 4. The number of hydrogen-bond donors (Lipinski definition) is 1. The SMILES string of the molecule is CC(C#N)CN(C)C(=O)C1(CN)CCOCC1. The fourth-order valence-corrected chi connectivity index (χ4v) is 2.21. The number of nitriles is 1. The average Bonchev–Trinajstić information content (AvgIpc) is 2.38. The molecule has 0 aromatic carbocycles. The summed E-state index contributed by atoms with van der Waals surface area (Å²) in [7, 11) is 1.74. The van der Waals surface area contributed by atoms with Crippen LogP contribution in [0.25, 0.3) is 0 Å². The Kier molecular flexibility index (Phi) is 4.91. The second kappa shape index (κ2) is 5.99. The number of nitrogens with two attached hydrogens (primary N) is 1. The summed E-state index contributed by atoms with van der Waals surface area (Å²) in [5, 5.41) is 8.76. The number of carbonyl (C=O) groups is 1. The van der Waals surface area contributed by atoms with Gasteiger partial charge in [-0.3, -0.25) is 4.79 Å². The minimum Gasteiger partial charge on any atom is -0.381 e. The molecule has 0 aromatic rings. The Morgan fingerprint density at radius 1 is 1.59 bits per heavy atom. The Balaban J connectivity index is 2.68. The van der Waals surface area contributed by atoms with Gasteiger partial charge in [-0.1, -0.05) is 0 Å². The lowest BCUT2D eigenvalue weighted by Crippen LogP contribution is -2.50. The molecule has 1 atom stereocenters. The van der Waals surface area contributed by atoms with Gasteiger partial charge in [0.25, 0.3) is 0 Å². The third-order valence-electron chi connectivity index (χ3n) is 3.41. The van der Waals surface area contributed by atoms with Crippen LogP contribution in [0.4, 0.5) is 0 Å². The smallest absolute Gasteiger partial charge is 0.230 e. The van der Waals surface area contributed by atoms with E-state index in [0.29, 0.717) is 39.1 Å². The van der Waals surface area contributed by atoms with E-state index in [2.05, 4.69) is 6.07 Å². The summed E-state index contributed by atoms with van der Waals surface area (Å²) in [6.45, 7) is 3.79. The number of hydrogen-bond acceptors (Lipinski definition) is 4. The first kappa shape index (κ1) is 13.9. The Morgan fingerprint density at radius 3 is 2.65 bits per heavy atom. The molecule has 2 N–H and O–H groups in total. The highest BCUT2D eigenvalue weighted by Gasteiger charge is 2.40. The zero-order chi connectivity index (χ0) is 12.9. The van der Waals surface area contributed by atoms with E-state index in [-0.39, 0.29) is 11.8 Å². The third kappa shape index (κ3) is 3.18. The monoisotopic (exact) mass is 239 g/mol. The van der Waals surface area contributed by atoms with Crippen molar-refractivity contribution in [1.82, 2.24) is 4.90 Å². The lowest BCUT2D eigenvalue weighted by Gasteiger charge is -2.37. The summed E-state index contributed by atoms with van der Waals surface area (Å²) < 4.78 is 5.28. The van der Waals surface area contributed by atoms with Crippen LogP contribution in [0.15, 0.2) is 0 Å². The van der Waals surface area contributed by atoms with Gasteiger partial charge < -0.3 is 15.4 Å². The van der Waals surface area contributed by atoms with Gasteiger partial charge in [0.2, 0.25) is 5.91 Å². The summed E-state index contributed by atoms with van der Waals surface area (Å²) in [6, 6.07) is 2.13. The first-order chi connectivity index (χ1) is 8.05. The average molecular weight is 239 g/mol. The van der Waals surface area contributed by atoms with Crippen molar-refractivity contribution in [2.75, 3.05) is 33.4 Å². The summed E-state index contributed by atoms with van der Waals surface area (Å²) in [4.78, 5) is 14.0. The number of carbonyl (C=O) groups excluding carboxylic acids is 1. The van der Waals surface area contributed by atoms with E-state index in [1.807, 2.05) is 6.92 Å². The molecule has 0 aromatic heterocycles. The van der Waals surface area contributed by atoms with Crippen LogP contribution in [-0.2, 0) is 9.53 Å². The molecule has 5 heteroatoms. The van der Waals surface area contributed by atoms with E-state index >= 15 is 0 Å². The van der Waals surface area contributed by atoms with Crippen LogP contribution in [0.5, 0.6) is 0 Å². The minimum atomic E-state index is -0.484. The number of ether oxygens (including phenoxy) is 1. The maximum absolute atomic E-state index is 12.4. The molecule has 0 aliphatic carbocycles. The molecule has 0 bridgehead atoms. The van der Waals surface area contributed by atoms with Crippen molar-refractivity contribution in [3.05, 3.63) is 0 Å². The molecular formula is C12H21N3O2. The van der Waals surface area contributed by atoms with Crippen LogP contribution in [-0.4, -0.2) is 44.2 Å². The van der Waals surface area contributed by atoms with Crippen LogP contribution in [0.2, 0.25) is 0 Å². The molecule has 1 aliphatic heterocycles. The summed E-state index contributed by atoms with van der Waals surface area (Å²) in [6.07, 6.45) is 1.35. The lowest BCUT2D eigenvalue weighted by molar-refractivity contribution is -0.146. The van der Waals surface area contributed by atoms with Crippen LogP contribution < -0.4 is 5.73 Å². The highest BCUT2D eigenvalue weighted by molar-refractivity contribution is 5.83. The molecule has 1 heterocycles. The molecule has 0 saturated carbocycles. The first-order valence-corrected chi connectivity index (χ1v) is 5.99.